The fraction of sp³-hybridized carbons (Fsp3) is 0.600. The highest BCUT2D eigenvalue weighted by Crippen LogP contribution is 2.19. The van der Waals surface area contributed by atoms with Crippen molar-refractivity contribution in [2.24, 2.45) is 0 Å². The molecule has 1 unspecified atom stereocenters. The van der Waals surface area contributed by atoms with Crippen molar-refractivity contribution < 1.29 is 9.84 Å². The average molecular weight is 251 g/mol. The molecule has 1 rings (SSSR count). The van der Waals surface area contributed by atoms with Crippen molar-refractivity contribution in [1.82, 2.24) is 5.32 Å². The lowest BCUT2D eigenvalue weighted by Gasteiger charge is -2.28. The van der Waals surface area contributed by atoms with Gasteiger partial charge in [-0.25, -0.2) is 0 Å². The van der Waals surface area contributed by atoms with E-state index in [1.54, 1.807) is 0 Å². The first-order chi connectivity index (χ1) is 8.42. The summed E-state index contributed by atoms with van der Waals surface area (Å²) in [6.45, 7) is 9.04. The summed E-state index contributed by atoms with van der Waals surface area (Å²) in [5, 5.41) is 13.2. The summed E-state index contributed by atoms with van der Waals surface area (Å²) >= 11 is 0. The minimum Gasteiger partial charge on any atom is -0.389 e. The van der Waals surface area contributed by atoms with Crippen LogP contribution in [0.3, 0.4) is 0 Å². The van der Waals surface area contributed by atoms with Gasteiger partial charge in [0.15, 0.2) is 0 Å². The van der Waals surface area contributed by atoms with Gasteiger partial charge in [0.2, 0.25) is 0 Å². The third-order valence-corrected chi connectivity index (χ3v) is 2.90. The van der Waals surface area contributed by atoms with Crippen LogP contribution in [-0.4, -0.2) is 30.5 Å². The number of hydrogen-bond acceptors (Lipinski definition) is 3. The Balaban J connectivity index is 2.42. The molecule has 0 saturated carbocycles. The van der Waals surface area contributed by atoms with Crippen molar-refractivity contribution in [2.45, 2.75) is 45.4 Å². The molecule has 3 heteroatoms. The van der Waals surface area contributed by atoms with Crippen molar-refractivity contribution in [3.63, 3.8) is 0 Å². The van der Waals surface area contributed by atoms with E-state index in [0.717, 1.165) is 0 Å². The van der Waals surface area contributed by atoms with E-state index in [9.17, 15) is 5.11 Å². The number of benzene rings is 1. The summed E-state index contributed by atoms with van der Waals surface area (Å²) < 4.78 is 5.38. The maximum atomic E-state index is 9.82. The molecule has 0 aromatic heterocycles. The molecule has 1 aromatic rings. The first kappa shape index (κ1) is 15.2. The summed E-state index contributed by atoms with van der Waals surface area (Å²) in [5.41, 5.74) is 1.06. The summed E-state index contributed by atoms with van der Waals surface area (Å²) in [5.74, 6) is 0. The Morgan fingerprint density at radius 1 is 1.22 bits per heavy atom. The summed E-state index contributed by atoms with van der Waals surface area (Å²) in [6.07, 6.45) is -0.322. The molecule has 3 nitrogen and oxygen atoms in total. The lowest BCUT2D eigenvalue weighted by Crippen LogP contribution is -2.42. The van der Waals surface area contributed by atoms with Gasteiger partial charge in [-0.15, -0.1) is 0 Å². The van der Waals surface area contributed by atoms with Crippen LogP contribution in [0, 0.1) is 0 Å². The first-order valence-corrected chi connectivity index (χ1v) is 6.52. The number of rotatable bonds is 7. The zero-order valence-corrected chi connectivity index (χ0v) is 11.8. The zero-order valence-electron chi connectivity index (χ0n) is 11.8. The largest absolute Gasteiger partial charge is 0.389 e. The van der Waals surface area contributed by atoms with E-state index in [2.05, 4.69) is 31.3 Å². The predicted octanol–water partition coefficient (Wildman–Crippen LogP) is 2.30. The van der Waals surface area contributed by atoms with Gasteiger partial charge in [-0.05, 0) is 33.3 Å². The van der Waals surface area contributed by atoms with Gasteiger partial charge >= 0.3 is 0 Å². The predicted molar refractivity (Wildman–Crippen MR) is 74.6 cm³/mol. The Kier molecular flexibility index (Phi) is 5.79. The molecule has 0 radical (unpaired) electrons. The third kappa shape index (κ3) is 5.17. The topological polar surface area (TPSA) is 41.5 Å². The van der Waals surface area contributed by atoms with Crippen LogP contribution in [0.25, 0.3) is 0 Å². The van der Waals surface area contributed by atoms with Crippen molar-refractivity contribution in [2.75, 3.05) is 13.2 Å². The van der Waals surface area contributed by atoms with Crippen molar-refractivity contribution >= 4 is 0 Å². The first-order valence-electron chi connectivity index (χ1n) is 6.52. The Bertz CT molecular complexity index is 336. The lowest BCUT2D eigenvalue weighted by molar-refractivity contribution is 0.00394. The fourth-order valence-electron chi connectivity index (χ4n) is 1.69. The standard InChI is InChI=1S/C15H25NO2/c1-12(2)18-11-14(17)10-16-15(3,4)13-8-6-5-7-9-13/h5-9,12,14,16-17H,10-11H2,1-4H3. The van der Waals surface area contributed by atoms with Gasteiger partial charge in [0.1, 0.15) is 0 Å². The van der Waals surface area contributed by atoms with Gasteiger partial charge in [0.05, 0.1) is 18.8 Å². The van der Waals surface area contributed by atoms with Gasteiger partial charge < -0.3 is 15.2 Å². The third-order valence-electron chi connectivity index (χ3n) is 2.90. The molecule has 0 amide bonds. The zero-order chi connectivity index (χ0) is 13.6. The van der Waals surface area contributed by atoms with Crippen molar-refractivity contribution in [1.29, 1.82) is 0 Å². The van der Waals surface area contributed by atoms with Gasteiger partial charge in [-0.3, -0.25) is 0 Å². The summed E-state index contributed by atoms with van der Waals surface area (Å²) in [6, 6.07) is 10.2. The Labute approximate surface area is 110 Å². The Hall–Kier alpha value is -0.900. The molecular formula is C15H25NO2. The minimum atomic E-state index is -0.476. The Morgan fingerprint density at radius 2 is 1.83 bits per heavy atom. The number of nitrogens with one attached hydrogen (secondary N) is 1. The summed E-state index contributed by atoms with van der Waals surface area (Å²) in [4.78, 5) is 0. The van der Waals surface area contributed by atoms with E-state index in [4.69, 9.17) is 4.74 Å². The highest BCUT2D eigenvalue weighted by Gasteiger charge is 2.20. The molecular weight excluding hydrogens is 226 g/mol. The molecule has 0 heterocycles. The summed E-state index contributed by atoms with van der Waals surface area (Å²) in [7, 11) is 0. The van der Waals surface area contributed by atoms with Gasteiger partial charge in [-0.1, -0.05) is 30.3 Å². The van der Waals surface area contributed by atoms with Crippen molar-refractivity contribution in [3.05, 3.63) is 35.9 Å². The molecule has 0 aliphatic carbocycles. The van der Waals surface area contributed by atoms with E-state index in [0.29, 0.717) is 13.2 Å². The SMILES string of the molecule is CC(C)OCC(O)CNC(C)(C)c1ccccc1. The van der Waals surface area contributed by atoms with E-state index in [1.807, 2.05) is 32.0 Å². The average Bonchev–Trinajstić information content (AvgIpc) is 2.35. The molecule has 18 heavy (non-hydrogen) atoms. The van der Waals surface area contributed by atoms with Crippen LogP contribution in [0.5, 0.6) is 0 Å². The lowest BCUT2D eigenvalue weighted by atomic mass is 9.94. The molecule has 1 atom stereocenters. The normalized spacial score (nSPS) is 13.9. The molecule has 0 bridgehead atoms. The van der Waals surface area contributed by atoms with Crippen molar-refractivity contribution in [3.8, 4) is 0 Å². The number of aliphatic hydroxyl groups is 1. The van der Waals surface area contributed by atoms with Crippen LogP contribution < -0.4 is 5.32 Å². The number of aliphatic hydroxyl groups excluding tert-OH is 1. The second-order valence-corrected chi connectivity index (χ2v) is 5.41. The van der Waals surface area contributed by atoms with E-state index in [1.165, 1.54) is 5.56 Å². The highest BCUT2D eigenvalue weighted by molar-refractivity contribution is 5.22. The van der Waals surface area contributed by atoms with Crippen LogP contribution in [0.4, 0.5) is 0 Å². The minimum absolute atomic E-state index is 0.153. The van der Waals surface area contributed by atoms with E-state index in [-0.39, 0.29) is 11.6 Å². The quantitative estimate of drug-likeness (QED) is 0.781. The Morgan fingerprint density at radius 3 is 2.39 bits per heavy atom. The molecule has 102 valence electrons. The van der Waals surface area contributed by atoms with Crippen LogP contribution >= 0.6 is 0 Å². The molecule has 0 aliphatic rings. The van der Waals surface area contributed by atoms with Gasteiger partial charge in [0.25, 0.3) is 0 Å². The number of ether oxygens (including phenoxy) is 1. The van der Waals surface area contributed by atoms with E-state index >= 15 is 0 Å². The maximum Gasteiger partial charge on any atom is 0.0898 e. The molecule has 1 aromatic carbocycles. The van der Waals surface area contributed by atoms with Gasteiger partial charge in [0, 0.05) is 12.1 Å². The fourth-order valence-corrected chi connectivity index (χ4v) is 1.69. The molecule has 2 N–H and O–H groups in total. The van der Waals surface area contributed by atoms with Crippen LogP contribution in [0.15, 0.2) is 30.3 Å². The smallest absolute Gasteiger partial charge is 0.0898 e. The van der Waals surface area contributed by atoms with Gasteiger partial charge in [-0.2, -0.15) is 0 Å². The second-order valence-electron chi connectivity index (χ2n) is 5.41. The highest BCUT2D eigenvalue weighted by atomic mass is 16.5. The van der Waals surface area contributed by atoms with Crippen LogP contribution in [0.1, 0.15) is 33.3 Å². The second kappa shape index (κ2) is 6.88. The number of hydrogen-bond donors (Lipinski definition) is 2. The monoisotopic (exact) mass is 251 g/mol. The maximum absolute atomic E-state index is 9.82. The molecule has 0 fully saturated rings. The van der Waals surface area contributed by atoms with E-state index < -0.39 is 6.10 Å². The van der Waals surface area contributed by atoms with Crippen LogP contribution in [0.2, 0.25) is 0 Å². The van der Waals surface area contributed by atoms with Crippen LogP contribution in [-0.2, 0) is 10.3 Å². The molecule has 0 aliphatic heterocycles. The molecule has 0 spiro atoms. The molecule has 0 saturated heterocycles.